The lowest BCUT2D eigenvalue weighted by Gasteiger charge is -2.19. The van der Waals surface area contributed by atoms with Gasteiger partial charge in [0.15, 0.2) is 0 Å². The molecule has 0 aliphatic carbocycles. The van der Waals surface area contributed by atoms with Crippen LogP contribution in [0.3, 0.4) is 0 Å². The number of aliphatic hydroxyl groups excluding tert-OH is 2. The molecule has 0 saturated heterocycles. The van der Waals surface area contributed by atoms with Crippen molar-refractivity contribution < 1.29 is 15.0 Å². The Morgan fingerprint density at radius 1 is 0.338 bits per heavy atom. The van der Waals surface area contributed by atoms with Gasteiger partial charge < -0.3 is 15.5 Å². The number of amides is 1. The smallest absolute Gasteiger partial charge is 0.220 e. The van der Waals surface area contributed by atoms with Crippen LogP contribution in [0.4, 0.5) is 0 Å². The third kappa shape index (κ3) is 59.9. The molecule has 0 bridgehead atoms. The predicted octanol–water partition coefficient (Wildman–Crippen LogP) is 21.8. The highest BCUT2D eigenvalue weighted by atomic mass is 16.3. The fourth-order valence-electron chi connectivity index (χ4n) is 9.39. The topological polar surface area (TPSA) is 69.6 Å². The van der Waals surface area contributed by atoms with Crippen LogP contribution >= 0.6 is 0 Å². The number of allylic oxidation sites excluding steroid dienone is 17. The van der Waals surface area contributed by atoms with Gasteiger partial charge in [0.05, 0.1) is 18.8 Å². The van der Waals surface area contributed by atoms with Crippen molar-refractivity contribution in [3.63, 3.8) is 0 Å². The number of nitrogens with one attached hydrogen (secondary N) is 1. The average Bonchev–Trinajstić information content (AvgIpc) is 3.40. The van der Waals surface area contributed by atoms with Gasteiger partial charge in [-0.3, -0.25) is 4.79 Å². The Kier molecular flexibility index (Phi) is 61.8. The summed E-state index contributed by atoms with van der Waals surface area (Å²) in [5.74, 6) is -0.0846. The van der Waals surface area contributed by atoms with E-state index in [4.69, 9.17) is 0 Å². The molecule has 2 unspecified atom stereocenters. The van der Waals surface area contributed by atoms with Crippen LogP contribution in [0, 0.1) is 0 Å². The van der Waals surface area contributed by atoms with Crippen molar-refractivity contribution in [3.05, 3.63) is 109 Å². The van der Waals surface area contributed by atoms with Crippen LogP contribution in [0.25, 0.3) is 0 Å². The van der Waals surface area contributed by atoms with E-state index in [0.717, 1.165) is 83.5 Å². The van der Waals surface area contributed by atoms with E-state index in [1.54, 1.807) is 6.08 Å². The quantitative estimate of drug-likeness (QED) is 0.0420. The molecule has 1 amide bonds. The first-order valence-electron chi connectivity index (χ1n) is 32.1. The summed E-state index contributed by atoms with van der Waals surface area (Å²) in [7, 11) is 0. The van der Waals surface area contributed by atoms with Crippen molar-refractivity contribution in [1.29, 1.82) is 0 Å². The van der Waals surface area contributed by atoms with Crippen LogP contribution in [0.2, 0.25) is 0 Å². The van der Waals surface area contributed by atoms with Gasteiger partial charge in [-0.2, -0.15) is 0 Å². The van der Waals surface area contributed by atoms with Gasteiger partial charge in [-0.25, -0.2) is 0 Å². The molecule has 0 saturated carbocycles. The van der Waals surface area contributed by atoms with Gasteiger partial charge in [-0.05, 0) is 96.3 Å². The Labute approximate surface area is 461 Å². The summed E-state index contributed by atoms with van der Waals surface area (Å²) in [6.07, 6.45) is 97.2. The van der Waals surface area contributed by atoms with Gasteiger partial charge >= 0.3 is 0 Å². The zero-order valence-electron chi connectivity index (χ0n) is 49.1. The van der Waals surface area contributed by atoms with Gasteiger partial charge in [-0.1, -0.05) is 316 Å². The third-order valence-corrected chi connectivity index (χ3v) is 14.2. The maximum atomic E-state index is 12.5. The maximum absolute atomic E-state index is 12.5. The van der Waals surface area contributed by atoms with Crippen LogP contribution in [0.15, 0.2) is 109 Å². The molecule has 0 fully saturated rings. The van der Waals surface area contributed by atoms with E-state index < -0.39 is 12.1 Å². The molecule has 4 nitrogen and oxygen atoms in total. The van der Waals surface area contributed by atoms with E-state index in [2.05, 4.69) is 116 Å². The Morgan fingerprint density at radius 2 is 0.608 bits per heavy atom. The fraction of sp³-hybridized carbons (Fsp3) is 0.729. The average molecular weight is 1030 g/mol. The minimum absolute atomic E-state index is 0.0846. The van der Waals surface area contributed by atoms with Crippen molar-refractivity contribution >= 4 is 5.91 Å². The van der Waals surface area contributed by atoms with Gasteiger partial charge in [-0.15, -0.1) is 0 Å². The molecule has 0 aliphatic rings. The first kappa shape index (κ1) is 71.0. The van der Waals surface area contributed by atoms with E-state index in [0.29, 0.717) is 6.42 Å². The van der Waals surface area contributed by atoms with E-state index in [1.165, 1.54) is 205 Å². The monoisotopic (exact) mass is 1030 g/mol. The van der Waals surface area contributed by atoms with Crippen molar-refractivity contribution in [2.45, 2.75) is 321 Å². The number of aliphatic hydroxyl groups is 2. The number of hydrogen-bond donors (Lipinski definition) is 3. The molecule has 0 aromatic carbocycles. The Balaban J connectivity index is 3.57. The molecule has 0 aromatic rings. The first-order valence-corrected chi connectivity index (χ1v) is 32.1. The van der Waals surface area contributed by atoms with Crippen molar-refractivity contribution in [2.24, 2.45) is 0 Å². The van der Waals surface area contributed by atoms with Gasteiger partial charge in [0.25, 0.3) is 0 Å². The number of carbonyl (C=O) groups excluding carboxylic acids is 1. The lowest BCUT2D eigenvalue weighted by Crippen LogP contribution is -2.45. The summed E-state index contributed by atoms with van der Waals surface area (Å²) in [5.41, 5.74) is 0. The summed E-state index contributed by atoms with van der Waals surface area (Å²) >= 11 is 0. The van der Waals surface area contributed by atoms with Crippen LogP contribution in [-0.2, 0) is 4.79 Å². The second-order valence-corrected chi connectivity index (χ2v) is 21.4. The van der Waals surface area contributed by atoms with E-state index in [-0.39, 0.29) is 12.5 Å². The number of carbonyl (C=O) groups is 1. The largest absolute Gasteiger partial charge is 0.394 e. The predicted molar refractivity (Wildman–Crippen MR) is 331 cm³/mol. The lowest BCUT2D eigenvalue weighted by atomic mass is 10.0. The van der Waals surface area contributed by atoms with E-state index >= 15 is 0 Å². The Bertz CT molecular complexity index is 1400. The number of unbranched alkanes of at least 4 members (excludes halogenated alkanes) is 35. The molecule has 0 aromatic heterocycles. The van der Waals surface area contributed by atoms with Gasteiger partial charge in [0.2, 0.25) is 5.91 Å². The van der Waals surface area contributed by atoms with Crippen molar-refractivity contribution in [3.8, 4) is 0 Å². The van der Waals surface area contributed by atoms with Gasteiger partial charge in [0.1, 0.15) is 0 Å². The van der Waals surface area contributed by atoms with Crippen LogP contribution in [0.1, 0.15) is 309 Å². The molecule has 0 radical (unpaired) electrons. The van der Waals surface area contributed by atoms with E-state index in [1.807, 2.05) is 6.08 Å². The molecule has 3 N–H and O–H groups in total. The highest BCUT2D eigenvalue weighted by Crippen LogP contribution is 2.17. The molecule has 0 heterocycles. The minimum Gasteiger partial charge on any atom is -0.394 e. The van der Waals surface area contributed by atoms with Gasteiger partial charge in [0, 0.05) is 6.42 Å². The minimum atomic E-state index is -0.881. The zero-order chi connectivity index (χ0) is 53.4. The molecule has 426 valence electrons. The number of hydrogen-bond acceptors (Lipinski definition) is 3. The Morgan fingerprint density at radius 3 is 0.946 bits per heavy atom. The Hall–Kier alpha value is -2.95. The second kappa shape index (κ2) is 64.3. The molecule has 0 rings (SSSR count). The normalized spacial score (nSPS) is 13.5. The first-order chi connectivity index (χ1) is 36.7. The van der Waals surface area contributed by atoms with Crippen molar-refractivity contribution in [2.75, 3.05) is 6.61 Å². The summed E-state index contributed by atoms with van der Waals surface area (Å²) < 4.78 is 0. The molecular formula is C70H123NO3. The molecular weight excluding hydrogens is 903 g/mol. The zero-order valence-corrected chi connectivity index (χ0v) is 49.1. The molecule has 0 spiro atoms. The summed E-state index contributed by atoms with van der Waals surface area (Å²) in [6.45, 7) is 4.20. The van der Waals surface area contributed by atoms with E-state index in [9.17, 15) is 15.0 Å². The summed E-state index contributed by atoms with van der Waals surface area (Å²) in [6, 6.07) is -0.657. The molecule has 0 aliphatic heterocycles. The second-order valence-electron chi connectivity index (χ2n) is 21.4. The molecule has 2 atom stereocenters. The SMILES string of the molecule is CC/C=C\C/C=C\C/C=C\C/C=C\C/C=C\C/C=C\CCCCCCCCCCCCC(=O)NC(CO)C(O)/C=C/CC/C=C/CC/C=C/CCCCCCCCCCCCCCCCCCCCCCCCC. The van der Waals surface area contributed by atoms with Crippen LogP contribution in [-0.4, -0.2) is 34.9 Å². The maximum Gasteiger partial charge on any atom is 0.220 e. The lowest BCUT2D eigenvalue weighted by molar-refractivity contribution is -0.123. The standard InChI is InChI=1S/C70H123NO3/c1-3-5-7-9-11-13-15-17-19-21-23-25-27-29-31-33-34-35-36-38-39-41-43-45-47-49-51-53-55-57-59-61-63-65-69(73)68(67-72)71-70(74)66-64-62-60-58-56-54-52-50-48-46-44-42-40-37-32-30-28-26-24-22-20-18-16-14-12-10-8-6-4-2/h6,8,12,14,18,20,24,26,30,32,40,42,47,49,55,57,63,65,68-69,72-73H,3-5,7,9-11,13,15-17,19,21-23,25,27-29,31,33-39,41,43-46,48,50-54,56,58-62,64,66-67H2,1-2H3,(H,71,74)/b8-6-,14-12-,20-18-,26-24-,32-30-,42-40-,49-47+,57-55+,65-63+. The van der Waals surface area contributed by atoms with Crippen LogP contribution < -0.4 is 5.32 Å². The summed E-state index contributed by atoms with van der Waals surface area (Å²) in [4.78, 5) is 12.5. The number of rotatable bonds is 58. The van der Waals surface area contributed by atoms with Crippen molar-refractivity contribution in [1.82, 2.24) is 5.32 Å². The third-order valence-electron chi connectivity index (χ3n) is 14.2. The van der Waals surface area contributed by atoms with Crippen LogP contribution in [0.5, 0.6) is 0 Å². The molecule has 74 heavy (non-hydrogen) atoms. The highest BCUT2D eigenvalue weighted by molar-refractivity contribution is 5.76. The summed E-state index contributed by atoms with van der Waals surface area (Å²) in [5, 5.41) is 23.2. The molecule has 4 heteroatoms. The fourth-order valence-corrected chi connectivity index (χ4v) is 9.39. The highest BCUT2D eigenvalue weighted by Gasteiger charge is 2.18.